The van der Waals surface area contributed by atoms with Crippen LogP contribution < -0.4 is 5.32 Å². The van der Waals surface area contributed by atoms with Crippen molar-refractivity contribution in [2.45, 2.75) is 88.5 Å². The number of hydrogen-bond donors (Lipinski definition) is 1. The SMILES string of the molecule is CCCCCCCCCCC(C)(C)C(=O)Nc1c(SC)ccnc1SC. The van der Waals surface area contributed by atoms with Gasteiger partial charge < -0.3 is 5.32 Å². The Hall–Kier alpha value is -0.680. The summed E-state index contributed by atoms with van der Waals surface area (Å²) in [5.41, 5.74) is 0.505. The third-order valence-corrected chi connectivity index (χ3v) is 6.28. The van der Waals surface area contributed by atoms with Crippen LogP contribution in [-0.4, -0.2) is 23.4 Å². The van der Waals surface area contributed by atoms with Crippen LogP contribution in [0, 0.1) is 5.41 Å². The van der Waals surface area contributed by atoms with Gasteiger partial charge in [-0.25, -0.2) is 4.98 Å². The fourth-order valence-electron chi connectivity index (χ4n) is 2.96. The van der Waals surface area contributed by atoms with E-state index in [1.165, 1.54) is 44.9 Å². The molecule has 1 amide bonds. The highest BCUT2D eigenvalue weighted by Gasteiger charge is 2.28. The molecule has 148 valence electrons. The van der Waals surface area contributed by atoms with Gasteiger partial charge in [-0.1, -0.05) is 72.1 Å². The zero-order valence-electron chi connectivity index (χ0n) is 17.2. The van der Waals surface area contributed by atoms with Gasteiger partial charge in [-0.05, 0) is 25.0 Å². The van der Waals surface area contributed by atoms with E-state index in [1.54, 1.807) is 29.7 Å². The van der Waals surface area contributed by atoms with Crippen LogP contribution in [0.15, 0.2) is 22.2 Å². The molecule has 0 aliphatic carbocycles. The number of amides is 1. The molecular formula is C21H36N2OS2. The average Bonchev–Trinajstić information content (AvgIpc) is 2.63. The number of rotatable bonds is 13. The second-order valence-corrected chi connectivity index (χ2v) is 9.10. The van der Waals surface area contributed by atoms with Gasteiger partial charge in [0.05, 0.1) is 5.69 Å². The number of hydrogen-bond acceptors (Lipinski definition) is 4. The van der Waals surface area contributed by atoms with Crippen LogP contribution in [0.2, 0.25) is 0 Å². The molecule has 0 saturated heterocycles. The minimum atomic E-state index is -0.358. The van der Waals surface area contributed by atoms with Crippen molar-refractivity contribution in [3.8, 4) is 0 Å². The van der Waals surface area contributed by atoms with E-state index in [4.69, 9.17) is 0 Å². The lowest BCUT2D eigenvalue weighted by Gasteiger charge is -2.24. The molecule has 3 nitrogen and oxygen atoms in total. The molecule has 1 rings (SSSR count). The number of anilines is 1. The smallest absolute Gasteiger partial charge is 0.230 e. The molecule has 0 aliphatic rings. The third kappa shape index (κ3) is 7.91. The van der Waals surface area contributed by atoms with Crippen molar-refractivity contribution in [1.82, 2.24) is 4.98 Å². The van der Waals surface area contributed by atoms with Gasteiger partial charge in [0.25, 0.3) is 0 Å². The molecule has 26 heavy (non-hydrogen) atoms. The molecule has 0 aromatic carbocycles. The average molecular weight is 397 g/mol. The van der Waals surface area contributed by atoms with E-state index >= 15 is 0 Å². The summed E-state index contributed by atoms with van der Waals surface area (Å²) in [6.07, 6.45) is 17.1. The van der Waals surface area contributed by atoms with Crippen LogP contribution in [0.1, 0.15) is 78.6 Å². The first kappa shape index (κ1) is 23.4. The first-order valence-electron chi connectivity index (χ1n) is 9.84. The van der Waals surface area contributed by atoms with Crippen molar-refractivity contribution in [3.63, 3.8) is 0 Å². The van der Waals surface area contributed by atoms with Crippen molar-refractivity contribution in [2.75, 3.05) is 17.8 Å². The maximum atomic E-state index is 12.9. The Labute approximate surface area is 168 Å². The Morgan fingerprint density at radius 3 is 2.23 bits per heavy atom. The largest absolute Gasteiger partial charge is 0.322 e. The van der Waals surface area contributed by atoms with E-state index in [-0.39, 0.29) is 11.3 Å². The van der Waals surface area contributed by atoms with Gasteiger partial charge in [-0.15, -0.1) is 23.5 Å². The lowest BCUT2D eigenvalue weighted by atomic mass is 9.85. The van der Waals surface area contributed by atoms with Crippen molar-refractivity contribution < 1.29 is 4.79 Å². The molecule has 0 bridgehead atoms. The van der Waals surface area contributed by atoms with Crippen LogP contribution in [-0.2, 0) is 4.79 Å². The molecule has 0 fully saturated rings. The predicted octanol–water partition coefficient (Wildman–Crippen LogP) is 7.02. The highest BCUT2D eigenvalue weighted by Crippen LogP contribution is 2.34. The zero-order valence-corrected chi connectivity index (χ0v) is 18.8. The molecule has 0 aliphatic heterocycles. The van der Waals surface area contributed by atoms with E-state index in [0.29, 0.717) is 0 Å². The maximum absolute atomic E-state index is 12.9. The van der Waals surface area contributed by atoms with Gasteiger partial charge in [-0.3, -0.25) is 4.79 Å². The van der Waals surface area contributed by atoms with Gasteiger partial charge in [0.15, 0.2) is 0 Å². The van der Waals surface area contributed by atoms with E-state index in [2.05, 4.69) is 31.1 Å². The molecule has 1 N–H and O–H groups in total. The van der Waals surface area contributed by atoms with Crippen LogP contribution in [0.3, 0.4) is 0 Å². The highest BCUT2D eigenvalue weighted by atomic mass is 32.2. The molecule has 5 heteroatoms. The summed E-state index contributed by atoms with van der Waals surface area (Å²) in [4.78, 5) is 18.3. The standard InChI is InChI=1S/C21H36N2OS2/c1-6-7-8-9-10-11-12-13-15-21(2,3)20(24)23-18-17(25-4)14-16-22-19(18)26-5/h14,16H,6-13,15H2,1-5H3,(H,23,24). The summed E-state index contributed by atoms with van der Waals surface area (Å²) >= 11 is 3.21. The maximum Gasteiger partial charge on any atom is 0.230 e. The van der Waals surface area contributed by atoms with E-state index < -0.39 is 0 Å². The highest BCUT2D eigenvalue weighted by molar-refractivity contribution is 7.99. The number of pyridine rings is 1. The lowest BCUT2D eigenvalue weighted by molar-refractivity contribution is -0.124. The third-order valence-electron chi connectivity index (χ3n) is 4.80. The Morgan fingerprint density at radius 2 is 1.65 bits per heavy atom. The Bertz CT molecular complexity index is 525. The fraction of sp³-hybridized carbons (Fsp3) is 0.714. The number of aromatic nitrogens is 1. The zero-order chi connectivity index (χ0) is 19.4. The number of unbranched alkanes of at least 4 members (excludes halogenated alkanes) is 7. The van der Waals surface area contributed by atoms with Crippen LogP contribution in [0.5, 0.6) is 0 Å². The number of thioether (sulfide) groups is 2. The lowest BCUT2D eigenvalue weighted by Crippen LogP contribution is -2.31. The number of carbonyl (C=O) groups is 1. The molecule has 1 aromatic rings. The van der Waals surface area contributed by atoms with Crippen LogP contribution in [0.4, 0.5) is 5.69 Å². The summed E-state index contributed by atoms with van der Waals surface area (Å²) in [7, 11) is 0. The van der Waals surface area contributed by atoms with Gasteiger partial charge in [0, 0.05) is 16.5 Å². The van der Waals surface area contributed by atoms with E-state index in [1.807, 2.05) is 18.6 Å². The monoisotopic (exact) mass is 396 g/mol. The van der Waals surface area contributed by atoms with Crippen molar-refractivity contribution >= 4 is 35.1 Å². The topological polar surface area (TPSA) is 42.0 Å². The van der Waals surface area contributed by atoms with Crippen LogP contribution in [0.25, 0.3) is 0 Å². The first-order valence-corrected chi connectivity index (χ1v) is 12.3. The normalized spacial score (nSPS) is 11.6. The summed E-state index contributed by atoms with van der Waals surface area (Å²) < 4.78 is 0. The molecule has 0 atom stereocenters. The van der Waals surface area contributed by atoms with Gasteiger partial charge in [-0.2, -0.15) is 0 Å². The summed E-state index contributed by atoms with van der Waals surface area (Å²) in [5, 5.41) is 4.04. The summed E-state index contributed by atoms with van der Waals surface area (Å²) in [6.45, 7) is 6.36. The molecular weight excluding hydrogens is 360 g/mol. The van der Waals surface area contributed by atoms with Crippen molar-refractivity contribution in [2.24, 2.45) is 5.41 Å². The van der Waals surface area contributed by atoms with Gasteiger partial charge >= 0.3 is 0 Å². The van der Waals surface area contributed by atoms with E-state index in [0.717, 1.165) is 28.5 Å². The van der Waals surface area contributed by atoms with Crippen molar-refractivity contribution in [3.05, 3.63) is 12.3 Å². The second kappa shape index (κ2) is 12.7. The van der Waals surface area contributed by atoms with Crippen molar-refractivity contribution in [1.29, 1.82) is 0 Å². The Balaban J connectivity index is 2.48. The predicted molar refractivity (Wildman–Crippen MR) is 117 cm³/mol. The molecule has 1 heterocycles. The Morgan fingerprint density at radius 1 is 1.04 bits per heavy atom. The molecule has 0 saturated carbocycles. The first-order chi connectivity index (χ1) is 12.5. The number of carbonyl (C=O) groups excluding carboxylic acids is 1. The van der Waals surface area contributed by atoms with Crippen LogP contribution >= 0.6 is 23.5 Å². The summed E-state index contributed by atoms with van der Waals surface area (Å²) in [6, 6.07) is 1.96. The van der Waals surface area contributed by atoms with Gasteiger partial charge in [0.1, 0.15) is 5.03 Å². The van der Waals surface area contributed by atoms with Gasteiger partial charge in [0.2, 0.25) is 5.91 Å². The molecule has 0 spiro atoms. The summed E-state index contributed by atoms with van der Waals surface area (Å²) in [5.74, 6) is 0.0963. The minimum absolute atomic E-state index is 0.0963. The second-order valence-electron chi connectivity index (χ2n) is 7.46. The molecule has 0 radical (unpaired) electrons. The molecule has 0 unspecified atom stereocenters. The quantitative estimate of drug-likeness (QED) is 0.287. The Kier molecular flexibility index (Phi) is 11.4. The fourth-order valence-corrected chi connectivity index (χ4v) is 4.11. The van der Waals surface area contributed by atoms with E-state index in [9.17, 15) is 4.79 Å². The molecule has 1 aromatic heterocycles. The number of nitrogens with zero attached hydrogens (tertiary/aromatic N) is 1. The number of nitrogens with one attached hydrogen (secondary N) is 1. The minimum Gasteiger partial charge on any atom is -0.322 e.